The van der Waals surface area contributed by atoms with Gasteiger partial charge in [0.25, 0.3) is 0 Å². The Kier molecular flexibility index (Phi) is 13.3. The SMILES string of the molecule is Fc1c(F)c(F)c([B-](c2c(F)c(F)c(F)c(F)c2F)(c2c(F)c(F)c(F)c(F)c2F)c2c(F)c(F)c(F)c(F)c2F)c(F)c1F.O=C(C[n+]1ccnc(-c2ccc3ccc4cccc5ccc2c3c45)c1)c1ccccc1. The molecule has 9 aromatic carbocycles. The van der Waals surface area contributed by atoms with E-state index in [-0.39, 0.29) is 12.3 Å². The number of halogens is 20. The minimum absolute atomic E-state index is 0.0816. The van der Waals surface area contributed by atoms with Crippen LogP contribution in [-0.2, 0) is 6.54 Å². The summed E-state index contributed by atoms with van der Waals surface area (Å²) in [4.78, 5) is 17.3. The van der Waals surface area contributed by atoms with Gasteiger partial charge in [0.2, 0.25) is 12.3 Å². The largest absolute Gasteiger partial charge is 0.287 e. The van der Waals surface area contributed by atoms with Crippen LogP contribution in [0.3, 0.4) is 0 Å². The first-order valence-electron chi connectivity index (χ1n) is 21.3. The highest BCUT2D eigenvalue weighted by atomic mass is 19.2. The summed E-state index contributed by atoms with van der Waals surface area (Å²) in [6.07, 6.45) is -1.63. The third kappa shape index (κ3) is 7.82. The molecule has 0 aliphatic carbocycles. The Morgan fingerprint density at radius 2 is 0.724 bits per heavy atom. The maximum Gasteiger partial charge on any atom is 0.227 e. The van der Waals surface area contributed by atoms with Gasteiger partial charge in [-0.15, -0.1) is 21.9 Å². The number of rotatable bonds is 8. The summed E-state index contributed by atoms with van der Waals surface area (Å²) in [5, 5.41) is 7.47. The van der Waals surface area contributed by atoms with Crippen LogP contribution in [0.2, 0.25) is 0 Å². The third-order valence-corrected chi connectivity index (χ3v) is 12.7. The molecule has 386 valence electrons. The number of carbonyl (C=O) groups is 1. The van der Waals surface area contributed by atoms with Gasteiger partial charge in [0.05, 0.1) is 6.20 Å². The van der Waals surface area contributed by atoms with Gasteiger partial charge in [-0.3, -0.25) is 4.79 Å². The van der Waals surface area contributed by atoms with E-state index >= 15 is 35.1 Å². The van der Waals surface area contributed by atoms with Gasteiger partial charge < -0.3 is 0 Å². The molecule has 0 N–H and O–H groups in total. The summed E-state index contributed by atoms with van der Waals surface area (Å²) in [5.41, 5.74) is -11.7. The Labute approximate surface area is 410 Å². The molecule has 0 amide bonds. The van der Waals surface area contributed by atoms with E-state index in [1.807, 2.05) is 47.3 Å². The van der Waals surface area contributed by atoms with Gasteiger partial charge in [-0.2, -0.15) is 4.57 Å². The molecule has 0 radical (unpaired) electrons. The Morgan fingerprint density at radius 1 is 0.382 bits per heavy atom. The lowest BCUT2D eigenvalue weighted by Crippen LogP contribution is -2.81. The van der Waals surface area contributed by atoms with Crippen molar-refractivity contribution in [3.05, 3.63) is 225 Å². The van der Waals surface area contributed by atoms with Crippen LogP contribution in [0, 0.1) is 116 Å². The smallest absolute Gasteiger partial charge is 0.227 e. The predicted octanol–water partition coefficient (Wildman–Crippen LogP) is 11.7. The highest BCUT2D eigenvalue weighted by Gasteiger charge is 2.52. The van der Waals surface area contributed by atoms with E-state index in [2.05, 4.69) is 59.6 Å². The van der Waals surface area contributed by atoms with Crippen molar-refractivity contribution >= 4 is 66.1 Å². The van der Waals surface area contributed by atoms with Crippen molar-refractivity contribution in [1.82, 2.24) is 4.98 Å². The van der Waals surface area contributed by atoms with Crippen LogP contribution >= 0.6 is 0 Å². The summed E-state index contributed by atoms with van der Waals surface area (Å²) < 4.78 is 296. The van der Waals surface area contributed by atoms with Gasteiger partial charge in [-0.05, 0) is 32.3 Å². The number of hydrogen-bond acceptors (Lipinski definition) is 2. The molecule has 0 atom stereocenters. The fourth-order valence-corrected chi connectivity index (χ4v) is 9.38. The van der Waals surface area contributed by atoms with E-state index in [9.17, 15) is 57.5 Å². The molecule has 0 bridgehead atoms. The third-order valence-electron chi connectivity index (χ3n) is 12.7. The highest BCUT2D eigenvalue weighted by Crippen LogP contribution is 2.39. The molecule has 10 rings (SSSR count). The zero-order valence-electron chi connectivity index (χ0n) is 37.0. The molecule has 10 aromatic rings. The highest BCUT2D eigenvalue weighted by molar-refractivity contribution is 7.20. The van der Waals surface area contributed by atoms with Crippen LogP contribution < -0.4 is 26.4 Å². The number of benzene rings is 9. The van der Waals surface area contributed by atoms with Gasteiger partial charge >= 0.3 is 0 Å². The number of aromatic nitrogens is 2. The molecule has 0 aliphatic heterocycles. The molecule has 24 heteroatoms. The summed E-state index contributed by atoms with van der Waals surface area (Å²) in [5.74, 6) is -71.3. The summed E-state index contributed by atoms with van der Waals surface area (Å²) >= 11 is 0. The van der Waals surface area contributed by atoms with Crippen molar-refractivity contribution in [3.63, 3.8) is 0 Å². The molecule has 0 fully saturated rings. The van der Waals surface area contributed by atoms with Gasteiger partial charge in [0.1, 0.15) is 58.4 Å². The maximum atomic E-state index is 15.4. The molecule has 0 spiro atoms. The topological polar surface area (TPSA) is 33.8 Å². The minimum Gasteiger partial charge on any atom is -0.287 e. The van der Waals surface area contributed by atoms with E-state index in [4.69, 9.17) is 0 Å². The fraction of sp³-hybridized carbons (Fsp3) is 0.0192. The monoisotopic (exact) mass is 1080 g/mol. The number of ketones is 1. The second-order valence-electron chi connectivity index (χ2n) is 16.7. The Balaban J connectivity index is 0.000000197. The van der Waals surface area contributed by atoms with E-state index in [1.54, 1.807) is 6.20 Å². The van der Waals surface area contributed by atoms with Gasteiger partial charge in [-0.1, -0.05) is 84.9 Å². The van der Waals surface area contributed by atoms with Gasteiger partial charge in [0.15, 0.2) is 82.2 Å². The normalized spacial score (nSPS) is 11.8. The van der Waals surface area contributed by atoms with Crippen LogP contribution in [0.5, 0.6) is 0 Å². The quantitative estimate of drug-likeness (QED) is 0.0289. The van der Waals surface area contributed by atoms with Crippen LogP contribution in [0.25, 0.3) is 43.6 Å². The zero-order valence-corrected chi connectivity index (χ0v) is 37.0. The van der Waals surface area contributed by atoms with Gasteiger partial charge in [0, 0.05) is 11.1 Å². The molecule has 1 aromatic heterocycles. The second-order valence-corrected chi connectivity index (χ2v) is 16.7. The van der Waals surface area contributed by atoms with E-state index in [1.165, 1.54) is 32.3 Å². The van der Waals surface area contributed by atoms with Crippen molar-refractivity contribution < 1.29 is 97.2 Å². The van der Waals surface area contributed by atoms with Crippen LogP contribution in [-0.4, -0.2) is 16.9 Å². The number of carbonyl (C=O) groups excluding carboxylic acids is 1. The van der Waals surface area contributed by atoms with E-state index in [0.29, 0.717) is 0 Å². The van der Waals surface area contributed by atoms with Gasteiger partial charge in [-0.25, -0.2) is 92.8 Å². The average molecular weight is 1080 g/mol. The molecule has 0 saturated heterocycles. The van der Waals surface area contributed by atoms with E-state index < -0.39 is 144 Å². The lowest BCUT2D eigenvalue weighted by molar-refractivity contribution is -0.683. The summed E-state index contributed by atoms with van der Waals surface area (Å²) in [6.45, 7) is 0.283. The van der Waals surface area contributed by atoms with E-state index in [0.717, 1.165) is 16.8 Å². The predicted molar refractivity (Wildman–Crippen MR) is 234 cm³/mol. The molecule has 1 heterocycles. The zero-order chi connectivity index (χ0) is 55.1. The van der Waals surface area contributed by atoms with Crippen molar-refractivity contribution in [1.29, 1.82) is 0 Å². The van der Waals surface area contributed by atoms with Crippen molar-refractivity contribution in [2.24, 2.45) is 0 Å². The molecular weight excluding hydrogens is 1060 g/mol. The molecule has 0 saturated carbocycles. The van der Waals surface area contributed by atoms with Crippen molar-refractivity contribution in [2.45, 2.75) is 6.54 Å². The molecule has 0 aliphatic rings. The first-order valence-corrected chi connectivity index (χ1v) is 21.3. The molecule has 76 heavy (non-hydrogen) atoms. The van der Waals surface area contributed by atoms with Crippen LogP contribution in [0.15, 0.2) is 104 Å². The number of Topliss-reactive ketones (excluding diaryl/α,β-unsaturated/α-hetero) is 1. The van der Waals surface area contributed by atoms with Crippen LogP contribution in [0.1, 0.15) is 10.4 Å². The average Bonchev–Trinajstić information content (AvgIpc) is 3.48. The van der Waals surface area contributed by atoms with Crippen molar-refractivity contribution in [3.8, 4) is 11.3 Å². The molecular formula is C52H19BF20N2O. The summed E-state index contributed by atoms with van der Waals surface area (Å²) in [7, 11) is 0. The molecule has 3 nitrogen and oxygen atoms in total. The Morgan fingerprint density at radius 3 is 1.12 bits per heavy atom. The van der Waals surface area contributed by atoms with Crippen LogP contribution in [0.4, 0.5) is 87.8 Å². The fourth-order valence-electron chi connectivity index (χ4n) is 9.38. The standard InChI is InChI=1S/C28H19N2O.C24BF20/c31-26(19-5-2-1-3-6-19)18-30-16-15-29-25(17-30)23-13-11-22-10-9-20-7-4-8-21-12-14-24(23)28(22)27(20)21;26-5-1(6(27)14(35)21(42)13(5)34)25(2-7(28)15(36)22(43)16(37)8(2)29,3-9(30)17(38)23(44)18(39)10(3)31)4-11(32)19(40)24(45)20(41)12(4)33/h1-17H,18H2;/q+1;-1. The first-order chi connectivity index (χ1) is 36.0. The Bertz CT molecular complexity index is 3670. The number of hydrogen-bond donors (Lipinski definition) is 0. The minimum atomic E-state index is -7.22. The second kappa shape index (κ2) is 19.3. The summed E-state index contributed by atoms with van der Waals surface area (Å²) in [6, 6.07) is 28.9. The number of nitrogens with zero attached hydrogens (tertiary/aromatic N) is 2. The Hall–Kier alpha value is -8.57. The lowest BCUT2D eigenvalue weighted by atomic mass is 9.12. The van der Waals surface area contributed by atoms with Crippen molar-refractivity contribution in [2.75, 3.05) is 0 Å². The first kappa shape index (κ1) is 52.3. The lowest BCUT2D eigenvalue weighted by Gasteiger charge is -2.44. The maximum absolute atomic E-state index is 15.4. The molecule has 0 unspecified atom stereocenters.